The van der Waals surface area contributed by atoms with E-state index >= 15 is 0 Å². The van der Waals surface area contributed by atoms with Crippen LogP contribution in [0.5, 0.6) is 0 Å². The lowest BCUT2D eigenvalue weighted by atomic mass is 10.1. The van der Waals surface area contributed by atoms with Gasteiger partial charge in [0.15, 0.2) is 6.19 Å². The average Bonchev–Trinajstić information content (AvgIpc) is 2.09. The first-order chi connectivity index (χ1) is 5.79. The summed E-state index contributed by atoms with van der Waals surface area (Å²) in [5.74, 6) is 0. The first-order valence-corrected chi connectivity index (χ1v) is 4.03. The smallest absolute Gasteiger partial charge is 0.181 e. The largest absolute Gasteiger partial charge is 0.292 e. The van der Waals surface area contributed by atoms with Crippen LogP contribution in [0.1, 0.15) is 18.1 Å². The van der Waals surface area contributed by atoms with Crippen LogP contribution in [0.4, 0.5) is 5.69 Å². The van der Waals surface area contributed by atoms with Gasteiger partial charge in [0, 0.05) is 0 Å². The summed E-state index contributed by atoms with van der Waals surface area (Å²) in [4.78, 5) is 0. The second-order valence-corrected chi connectivity index (χ2v) is 2.70. The molecule has 0 radical (unpaired) electrons. The van der Waals surface area contributed by atoms with Gasteiger partial charge < -0.3 is 0 Å². The molecule has 0 heterocycles. The van der Waals surface area contributed by atoms with Crippen molar-refractivity contribution >= 4 is 5.69 Å². The Balaban J connectivity index is 3.12. The van der Waals surface area contributed by atoms with Crippen LogP contribution in [0, 0.1) is 18.4 Å². The summed E-state index contributed by atoms with van der Waals surface area (Å²) >= 11 is 0. The SMILES string of the molecule is CCc1cccc(C)c1NC#N. The van der Waals surface area contributed by atoms with Crippen LogP contribution < -0.4 is 5.32 Å². The number of aryl methyl sites for hydroxylation is 2. The molecule has 0 bridgehead atoms. The number of anilines is 1. The van der Waals surface area contributed by atoms with Gasteiger partial charge in [-0.25, -0.2) is 0 Å². The van der Waals surface area contributed by atoms with Crippen molar-refractivity contribution in [2.75, 3.05) is 5.32 Å². The number of nitriles is 1. The molecular formula is C10H12N2. The van der Waals surface area contributed by atoms with Crippen molar-refractivity contribution < 1.29 is 0 Å². The predicted octanol–water partition coefficient (Wildman–Crippen LogP) is 2.45. The van der Waals surface area contributed by atoms with Crippen LogP contribution >= 0.6 is 0 Å². The van der Waals surface area contributed by atoms with Crippen LogP contribution in [0.3, 0.4) is 0 Å². The van der Waals surface area contributed by atoms with E-state index in [1.165, 1.54) is 5.56 Å². The molecule has 0 saturated heterocycles. The molecule has 62 valence electrons. The van der Waals surface area contributed by atoms with Gasteiger partial charge in [0.05, 0.1) is 5.69 Å². The molecule has 1 rings (SSSR count). The van der Waals surface area contributed by atoms with Crippen LogP contribution in [-0.2, 0) is 6.42 Å². The zero-order valence-corrected chi connectivity index (χ0v) is 7.39. The topological polar surface area (TPSA) is 35.8 Å². The predicted molar refractivity (Wildman–Crippen MR) is 49.8 cm³/mol. The van der Waals surface area contributed by atoms with Gasteiger partial charge in [-0.15, -0.1) is 0 Å². The Labute approximate surface area is 72.8 Å². The second kappa shape index (κ2) is 3.77. The lowest BCUT2D eigenvalue weighted by Crippen LogP contribution is -1.96. The van der Waals surface area contributed by atoms with E-state index in [1.807, 2.05) is 31.3 Å². The molecule has 12 heavy (non-hydrogen) atoms. The van der Waals surface area contributed by atoms with Crippen molar-refractivity contribution in [3.8, 4) is 6.19 Å². The highest BCUT2D eigenvalue weighted by Crippen LogP contribution is 2.20. The molecule has 0 atom stereocenters. The second-order valence-electron chi connectivity index (χ2n) is 2.70. The number of para-hydroxylation sites is 1. The van der Waals surface area contributed by atoms with E-state index in [9.17, 15) is 0 Å². The van der Waals surface area contributed by atoms with E-state index in [-0.39, 0.29) is 0 Å². The number of rotatable bonds is 2. The van der Waals surface area contributed by atoms with E-state index < -0.39 is 0 Å². The van der Waals surface area contributed by atoms with Gasteiger partial charge in [0.2, 0.25) is 0 Å². The van der Waals surface area contributed by atoms with Crippen LogP contribution in [0.2, 0.25) is 0 Å². The molecule has 2 heteroatoms. The van der Waals surface area contributed by atoms with Crippen molar-refractivity contribution in [2.24, 2.45) is 0 Å². The Kier molecular flexibility index (Phi) is 2.71. The fourth-order valence-electron chi connectivity index (χ4n) is 1.26. The third-order valence-corrected chi connectivity index (χ3v) is 1.92. The maximum atomic E-state index is 8.50. The van der Waals surface area contributed by atoms with E-state index in [2.05, 4.69) is 12.2 Å². The molecule has 0 spiro atoms. The van der Waals surface area contributed by atoms with Crippen LogP contribution in [0.25, 0.3) is 0 Å². The van der Waals surface area contributed by atoms with E-state index in [0.29, 0.717) is 0 Å². The first kappa shape index (κ1) is 8.61. The Morgan fingerprint density at radius 3 is 2.83 bits per heavy atom. The molecule has 0 fully saturated rings. The molecule has 0 saturated carbocycles. The number of nitrogens with one attached hydrogen (secondary N) is 1. The lowest BCUT2D eigenvalue weighted by Gasteiger charge is -2.07. The quantitative estimate of drug-likeness (QED) is 0.532. The summed E-state index contributed by atoms with van der Waals surface area (Å²) in [6.45, 7) is 4.08. The summed E-state index contributed by atoms with van der Waals surface area (Å²) in [5, 5.41) is 11.2. The van der Waals surface area contributed by atoms with Gasteiger partial charge in [-0.1, -0.05) is 25.1 Å². The highest BCUT2D eigenvalue weighted by molar-refractivity contribution is 5.59. The maximum absolute atomic E-state index is 8.50. The zero-order chi connectivity index (χ0) is 8.97. The Morgan fingerprint density at radius 2 is 2.25 bits per heavy atom. The summed E-state index contributed by atoms with van der Waals surface area (Å²) in [7, 11) is 0. The summed E-state index contributed by atoms with van der Waals surface area (Å²) < 4.78 is 0. The monoisotopic (exact) mass is 160 g/mol. The molecule has 0 aromatic heterocycles. The molecule has 0 aliphatic heterocycles. The third kappa shape index (κ3) is 1.57. The zero-order valence-electron chi connectivity index (χ0n) is 7.39. The Hall–Kier alpha value is -1.49. The molecule has 2 nitrogen and oxygen atoms in total. The molecular weight excluding hydrogens is 148 g/mol. The standard InChI is InChI=1S/C10H12N2/c1-3-9-6-4-5-8(2)10(9)12-7-11/h4-6,12H,3H2,1-2H3. The van der Waals surface area contributed by atoms with Gasteiger partial charge in [0.1, 0.15) is 0 Å². The van der Waals surface area contributed by atoms with Gasteiger partial charge in [0.25, 0.3) is 0 Å². The van der Waals surface area contributed by atoms with Gasteiger partial charge in [-0.2, -0.15) is 5.26 Å². The van der Waals surface area contributed by atoms with Crippen molar-refractivity contribution in [3.05, 3.63) is 29.3 Å². The molecule has 0 aliphatic carbocycles. The lowest BCUT2D eigenvalue weighted by molar-refractivity contribution is 1.13. The minimum atomic E-state index is 0.950. The van der Waals surface area contributed by atoms with Gasteiger partial charge >= 0.3 is 0 Å². The molecule has 0 amide bonds. The highest BCUT2D eigenvalue weighted by Gasteiger charge is 2.01. The van der Waals surface area contributed by atoms with Gasteiger partial charge in [-0.3, -0.25) is 5.32 Å². The van der Waals surface area contributed by atoms with E-state index in [1.54, 1.807) is 0 Å². The molecule has 0 unspecified atom stereocenters. The fraction of sp³-hybridized carbons (Fsp3) is 0.300. The Morgan fingerprint density at radius 1 is 1.50 bits per heavy atom. The van der Waals surface area contributed by atoms with Crippen molar-refractivity contribution in [3.63, 3.8) is 0 Å². The van der Waals surface area contributed by atoms with E-state index in [0.717, 1.165) is 17.7 Å². The maximum Gasteiger partial charge on any atom is 0.181 e. The van der Waals surface area contributed by atoms with Crippen LogP contribution in [-0.4, -0.2) is 0 Å². The minimum Gasteiger partial charge on any atom is -0.292 e. The van der Waals surface area contributed by atoms with Crippen molar-refractivity contribution in [2.45, 2.75) is 20.3 Å². The van der Waals surface area contributed by atoms with E-state index in [4.69, 9.17) is 5.26 Å². The van der Waals surface area contributed by atoms with Crippen molar-refractivity contribution in [1.29, 1.82) is 5.26 Å². The highest BCUT2D eigenvalue weighted by atomic mass is 14.9. The number of nitrogens with zero attached hydrogens (tertiary/aromatic N) is 1. The summed E-state index contributed by atoms with van der Waals surface area (Å²) in [6.07, 6.45) is 2.90. The molecule has 1 N–H and O–H groups in total. The molecule has 1 aromatic carbocycles. The number of hydrogen-bond acceptors (Lipinski definition) is 2. The number of benzene rings is 1. The molecule has 1 aromatic rings. The normalized spacial score (nSPS) is 9.08. The Bertz CT molecular complexity index is 310. The minimum absolute atomic E-state index is 0.950. The van der Waals surface area contributed by atoms with Gasteiger partial charge in [-0.05, 0) is 24.5 Å². The summed E-state index contributed by atoms with van der Waals surface area (Å²) in [6, 6.07) is 6.04. The van der Waals surface area contributed by atoms with Crippen molar-refractivity contribution in [1.82, 2.24) is 0 Å². The third-order valence-electron chi connectivity index (χ3n) is 1.92. The fourth-order valence-corrected chi connectivity index (χ4v) is 1.26. The first-order valence-electron chi connectivity index (χ1n) is 4.03. The number of hydrogen-bond donors (Lipinski definition) is 1. The molecule has 0 aliphatic rings. The van der Waals surface area contributed by atoms with Crippen LogP contribution in [0.15, 0.2) is 18.2 Å². The summed E-state index contributed by atoms with van der Waals surface area (Å²) in [5.41, 5.74) is 3.27. The average molecular weight is 160 g/mol.